The topological polar surface area (TPSA) is 227 Å². The van der Waals surface area contributed by atoms with Gasteiger partial charge in [0.1, 0.15) is 36.6 Å². The molecule has 0 radical (unpaired) electrons. The van der Waals surface area contributed by atoms with Crippen LogP contribution in [0.1, 0.15) is 194 Å². The predicted octanol–water partition coefficient (Wildman–Crippen LogP) is 6.57. The van der Waals surface area contributed by atoms with E-state index in [2.05, 4.69) is 38.2 Å². The van der Waals surface area contributed by atoms with Crippen molar-refractivity contribution in [3.63, 3.8) is 0 Å². The quantitative estimate of drug-likeness (QED) is 0.0230. The maximum atomic E-state index is 10.7. The van der Waals surface area contributed by atoms with E-state index in [9.17, 15) is 51.1 Å². The first-order chi connectivity index (χ1) is 33.0. The van der Waals surface area contributed by atoms with Gasteiger partial charge in [0.2, 0.25) is 0 Å². The molecule has 0 saturated carbocycles. The molecule has 0 aromatic rings. The molecule has 0 aromatic heterocycles. The Morgan fingerprint density at radius 2 is 0.588 bits per heavy atom. The van der Waals surface area contributed by atoms with Gasteiger partial charge in [0, 0.05) is 26.2 Å². The number of ether oxygens (including phenoxy) is 2. The number of aliphatic hydroxyl groups is 10. The van der Waals surface area contributed by atoms with Crippen LogP contribution in [-0.4, -0.2) is 189 Å². The van der Waals surface area contributed by atoms with E-state index in [-0.39, 0.29) is 13.1 Å². The van der Waals surface area contributed by atoms with Crippen LogP contribution in [0.25, 0.3) is 0 Å². The molecular weight excluding hydrogens is 869 g/mol. The van der Waals surface area contributed by atoms with Crippen molar-refractivity contribution in [3.05, 3.63) is 24.3 Å². The molecule has 0 heterocycles. The predicted molar refractivity (Wildman–Crippen MR) is 276 cm³/mol. The third-order valence-corrected chi connectivity index (χ3v) is 13.0. The minimum atomic E-state index is -1.68. The van der Waals surface area contributed by atoms with Gasteiger partial charge in [0.25, 0.3) is 0 Å². The molecule has 0 spiro atoms. The number of aliphatic hydroxyl groups excluding tert-OH is 10. The van der Waals surface area contributed by atoms with Crippen molar-refractivity contribution in [2.75, 3.05) is 78.9 Å². The van der Waals surface area contributed by atoms with E-state index in [0.717, 1.165) is 64.2 Å². The van der Waals surface area contributed by atoms with E-state index in [1.54, 1.807) is 0 Å². The minimum absolute atomic E-state index is 0.0602. The van der Waals surface area contributed by atoms with Gasteiger partial charge in [-0.25, -0.2) is 0 Å². The van der Waals surface area contributed by atoms with Crippen LogP contribution in [0.3, 0.4) is 0 Å². The van der Waals surface area contributed by atoms with Crippen molar-refractivity contribution in [3.8, 4) is 0 Å². The molecule has 14 nitrogen and oxygen atoms in total. The zero-order valence-corrected chi connectivity index (χ0v) is 43.4. The van der Waals surface area contributed by atoms with E-state index in [0.29, 0.717) is 52.6 Å². The maximum absolute atomic E-state index is 10.7. The maximum Gasteiger partial charge on any atom is 0.111 e. The van der Waals surface area contributed by atoms with E-state index in [1.807, 2.05) is 9.80 Å². The van der Waals surface area contributed by atoms with Gasteiger partial charge in [-0.2, -0.15) is 0 Å². The third-order valence-electron chi connectivity index (χ3n) is 13.0. The summed E-state index contributed by atoms with van der Waals surface area (Å²) in [6, 6.07) is 0. The van der Waals surface area contributed by atoms with Crippen LogP contribution in [0.5, 0.6) is 0 Å². The lowest BCUT2D eigenvalue weighted by Gasteiger charge is -2.30. The largest absolute Gasteiger partial charge is 0.394 e. The molecule has 0 aromatic carbocycles. The molecule has 0 saturated heterocycles. The summed E-state index contributed by atoms with van der Waals surface area (Å²) in [5.41, 5.74) is 0. The number of nitrogens with zero attached hydrogens (tertiary/aromatic N) is 2. The van der Waals surface area contributed by atoms with Crippen LogP contribution in [-0.2, 0) is 9.47 Å². The summed E-state index contributed by atoms with van der Waals surface area (Å²) in [5, 5.41) is 101. The highest BCUT2D eigenvalue weighted by molar-refractivity contribution is 4.85. The van der Waals surface area contributed by atoms with Crippen LogP contribution >= 0.6 is 0 Å². The van der Waals surface area contributed by atoms with Crippen LogP contribution in [0.4, 0.5) is 0 Å². The Labute approximate surface area is 414 Å². The number of allylic oxidation sites excluding steroid dienone is 4. The zero-order chi connectivity index (χ0) is 50.3. The van der Waals surface area contributed by atoms with Gasteiger partial charge in [0.05, 0.1) is 51.8 Å². The molecule has 0 unspecified atom stereocenters. The highest BCUT2D eigenvalue weighted by atomic mass is 16.5. The van der Waals surface area contributed by atoms with Crippen LogP contribution in [0, 0.1) is 0 Å². The summed E-state index contributed by atoms with van der Waals surface area (Å²) >= 11 is 0. The Balaban J connectivity index is 4.75. The summed E-state index contributed by atoms with van der Waals surface area (Å²) in [4.78, 5) is 3.96. The monoisotopic (exact) mass is 977 g/mol. The SMILES string of the molecule is CCCCCCCC/C=C\CCCCCCCCN(CCOCCOCCN(CCCCCCCC/C=C\CCCCCCCC)C[C@H](O)[C@@H](O)[C@@H](O)[C@H](O)CO)C[C@H](O)[C@@H](O)[C@@H](O)[C@H](O)CO. The Bertz CT molecular complexity index is 1010. The van der Waals surface area contributed by atoms with E-state index in [1.165, 1.54) is 116 Å². The summed E-state index contributed by atoms with van der Waals surface area (Å²) in [6.07, 6.45) is 30.6. The summed E-state index contributed by atoms with van der Waals surface area (Å²) in [6.45, 7) is 6.72. The van der Waals surface area contributed by atoms with Crippen molar-refractivity contribution < 1.29 is 60.5 Å². The number of rotatable bonds is 53. The van der Waals surface area contributed by atoms with E-state index < -0.39 is 62.0 Å². The standard InChI is InChI=1S/C54H108N2O12/c1-3-5-7-9-11-13-15-17-19-21-23-25-27-29-31-33-35-55(43-47(59)51(63)53(65)49(61)45-57)37-39-67-41-42-68-40-38-56(44-48(60)52(64)54(66)50(62)46-58)36-34-32-30-28-26-24-22-20-18-16-14-12-10-8-6-4-2/h17-20,47-54,57-66H,3-16,21-46H2,1-2H3/b19-17-,20-18-/t47-,48-,49+,50+,51+,52+,53-,54-/m0/s1. The average molecular weight is 977 g/mol. The number of unbranched alkanes of at least 4 members (excludes halogenated alkanes) is 24. The van der Waals surface area contributed by atoms with Crippen molar-refractivity contribution >= 4 is 0 Å². The van der Waals surface area contributed by atoms with Gasteiger partial charge >= 0.3 is 0 Å². The Kier molecular flexibility index (Phi) is 48.7. The second-order valence-corrected chi connectivity index (χ2v) is 19.3. The molecule has 0 rings (SSSR count). The molecule has 68 heavy (non-hydrogen) atoms. The van der Waals surface area contributed by atoms with Gasteiger partial charge < -0.3 is 60.5 Å². The second-order valence-electron chi connectivity index (χ2n) is 19.3. The third kappa shape index (κ3) is 39.5. The summed E-state index contributed by atoms with van der Waals surface area (Å²) in [5.74, 6) is 0. The van der Waals surface area contributed by atoms with Crippen LogP contribution in [0.15, 0.2) is 24.3 Å². The Morgan fingerprint density at radius 3 is 0.882 bits per heavy atom. The smallest absolute Gasteiger partial charge is 0.111 e. The minimum Gasteiger partial charge on any atom is -0.394 e. The van der Waals surface area contributed by atoms with Crippen molar-refractivity contribution in [2.45, 2.75) is 242 Å². The summed E-state index contributed by atoms with van der Waals surface area (Å²) < 4.78 is 11.7. The highest BCUT2D eigenvalue weighted by Crippen LogP contribution is 2.15. The molecule has 0 fully saturated rings. The van der Waals surface area contributed by atoms with Crippen molar-refractivity contribution in [1.29, 1.82) is 0 Å². The van der Waals surface area contributed by atoms with Gasteiger partial charge in [0.15, 0.2) is 0 Å². The van der Waals surface area contributed by atoms with Gasteiger partial charge in [-0.15, -0.1) is 0 Å². The molecular formula is C54H108N2O12. The first-order valence-electron chi connectivity index (χ1n) is 27.6. The average Bonchev–Trinajstić information content (AvgIpc) is 3.34. The van der Waals surface area contributed by atoms with E-state index in [4.69, 9.17) is 9.47 Å². The zero-order valence-electron chi connectivity index (χ0n) is 43.4. The lowest BCUT2D eigenvalue weighted by Crippen LogP contribution is -2.50. The Hall–Kier alpha value is -1.08. The highest BCUT2D eigenvalue weighted by Gasteiger charge is 2.32. The molecule has 0 bridgehead atoms. The molecule has 14 heteroatoms. The first-order valence-corrected chi connectivity index (χ1v) is 27.6. The van der Waals surface area contributed by atoms with Gasteiger partial charge in [-0.1, -0.05) is 154 Å². The fourth-order valence-corrected chi connectivity index (χ4v) is 8.34. The molecule has 0 aliphatic carbocycles. The molecule has 8 atom stereocenters. The second kappa shape index (κ2) is 49.5. The molecule has 0 aliphatic heterocycles. The molecule has 10 N–H and O–H groups in total. The first kappa shape index (κ1) is 66.9. The molecule has 406 valence electrons. The van der Waals surface area contributed by atoms with Crippen LogP contribution in [0.2, 0.25) is 0 Å². The molecule has 0 amide bonds. The normalized spacial score (nSPS) is 16.0. The number of hydrogen-bond acceptors (Lipinski definition) is 14. The lowest BCUT2D eigenvalue weighted by atomic mass is 10.0. The fraction of sp³-hybridized carbons (Fsp3) is 0.926. The Morgan fingerprint density at radius 1 is 0.324 bits per heavy atom. The van der Waals surface area contributed by atoms with Crippen molar-refractivity contribution in [2.24, 2.45) is 0 Å². The van der Waals surface area contributed by atoms with Crippen molar-refractivity contribution in [1.82, 2.24) is 9.80 Å². The summed E-state index contributed by atoms with van der Waals surface area (Å²) in [7, 11) is 0. The van der Waals surface area contributed by atoms with Gasteiger partial charge in [-0.05, 0) is 77.3 Å². The van der Waals surface area contributed by atoms with Gasteiger partial charge in [-0.3, -0.25) is 9.80 Å². The number of hydrogen-bond donors (Lipinski definition) is 10. The fourth-order valence-electron chi connectivity index (χ4n) is 8.34. The lowest BCUT2D eigenvalue weighted by molar-refractivity contribution is -0.120. The van der Waals surface area contributed by atoms with Crippen LogP contribution < -0.4 is 0 Å². The van der Waals surface area contributed by atoms with E-state index >= 15 is 0 Å². The molecule has 0 aliphatic rings.